The Morgan fingerprint density at radius 1 is 0.644 bits per heavy atom. The van der Waals surface area contributed by atoms with E-state index in [2.05, 4.69) is 6.92 Å². The van der Waals surface area contributed by atoms with Crippen LogP contribution in [-0.2, 0) is 19.0 Å². The fourth-order valence-electron chi connectivity index (χ4n) is 7.29. The summed E-state index contributed by atoms with van der Waals surface area (Å²) >= 11 is 0. The fraction of sp³-hybridized carbons (Fsp3) is 0.919. The number of carbonyl (C=O) groups is 1. The largest absolute Gasteiger partial charge is 0.455 e. The molecule has 0 aromatic carbocycles. The van der Waals surface area contributed by atoms with Crippen LogP contribution < -0.4 is 0 Å². The van der Waals surface area contributed by atoms with Gasteiger partial charge in [0.15, 0.2) is 0 Å². The van der Waals surface area contributed by atoms with Crippen LogP contribution in [0.15, 0.2) is 11.6 Å². The van der Waals surface area contributed by atoms with Crippen LogP contribution in [-0.4, -0.2) is 81.3 Å². The molecule has 0 amide bonds. The molecule has 262 valence electrons. The molecular weight excluding hydrogens is 572 g/mol. The molecule has 0 unspecified atom stereocenters. The molecule has 3 rings (SSSR count). The second-order valence-corrected chi connectivity index (χ2v) is 14.2. The van der Waals surface area contributed by atoms with Gasteiger partial charge in [0, 0.05) is 12.0 Å². The Labute approximate surface area is 273 Å². The number of unbranched alkanes of at least 4 members (excludes halogenated alkanes) is 11. The molecule has 3 aliphatic rings. The second-order valence-electron chi connectivity index (χ2n) is 14.2. The van der Waals surface area contributed by atoms with Crippen LogP contribution in [0.1, 0.15) is 162 Å². The van der Waals surface area contributed by atoms with Crippen LogP contribution in [0.3, 0.4) is 0 Å². The molecule has 0 aromatic rings. The molecular formula is C37H66O8. The first-order valence-electron chi connectivity index (χ1n) is 18.7. The van der Waals surface area contributed by atoms with Crippen molar-refractivity contribution < 1.29 is 39.4 Å². The molecule has 3 heterocycles. The molecule has 2 saturated heterocycles. The summed E-state index contributed by atoms with van der Waals surface area (Å²) in [4.78, 5) is 11.7. The van der Waals surface area contributed by atoms with Gasteiger partial charge in [0.2, 0.25) is 0 Å². The van der Waals surface area contributed by atoms with Crippen LogP contribution in [0.5, 0.6) is 0 Å². The maximum Gasteiger partial charge on any atom is 0.334 e. The van der Waals surface area contributed by atoms with E-state index in [1.165, 1.54) is 44.9 Å². The lowest BCUT2D eigenvalue weighted by atomic mass is 9.99. The van der Waals surface area contributed by atoms with Crippen molar-refractivity contribution in [2.75, 3.05) is 0 Å². The molecule has 0 bridgehead atoms. The molecule has 2 fully saturated rings. The molecule has 0 spiro atoms. The Balaban J connectivity index is 1.15. The number of carbonyl (C=O) groups excluding carboxylic acids is 1. The Morgan fingerprint density at radius 2 is 1.13 bits per heavy atom. The monoisotopic (exact) mass is 638 g/mol. The summed E-state index contributed by atoms with van der Waals surface area (Å²) in [6.45, 7) is 4.04. The molecule has 45 heavy (non-hydrogen) atoms. The van der Waals surface area contributed by atoms with Crippen molar-refractivity contribution in [1.82, 2.24) is 0 Å². The van der Waals surface area contributed by atoms with Crippen molar-refractivity contribution in [2.24, 2.45) is 0 Å². The summed E-state index contributed by atoms with van der Waals surface area (Å²) in [7, 11) is 0. The molecule has 4 N–H and O–H groups in total. The van der Waals surface area contributed by atoms with Gasteiger partial charge in [-0.05, 0) is 70.8 Å². The molecule has 3 aliphatic heterocycles. The highest BCUT2D eigenvalue weighted by molar-refractivity contribution is 5.90. The predicted octanol–water partition coefficient (Wildman–Crippen LogP) is 6.83. The maximum atomic E-state index is 11.7. The van der Waals surface area contributed by atoms with Crippen molar-refractivity contribution >= 4 is 5.97 Å². The van der Waals surface area contributed by atoms with Crippen LogP contribution in [0.4, 0.5) is 0 Å². The number of rotatable bonds is 25. The lowest BCUT2D eigenvalue weighted by molar-refractivity contribution is -0.139. The summed E-state index contributed by atoms with van der Waals surface area (Å²) in [6.07, 6.45) is 21.8. The average molecular weight is 639 g/mol. The second kappa shape index (κ2) is 21.8. The zero-order valence-electron chi connectivity index (χ0n) is 28.5. The van der Waals surface area contributed by atoms with Gasteiger partial charge in [-0.25, -0.2) is 4.79 Å². The minimum atomic E-state index is -0.544. The molecule has 0 aromatic heterocycles. The van der Waals surface area contributed by atoms with Crippen molar-refractivity contribution in [3.05, 3.63) is 11.6 Å². The first-order valence-corrected chi connectivity index (χ1v) is 18.7. The lowest BCUT2D eigenvalue weighted by Crippen LogP contribution is -2.33. The topological polar surface area (TPSA) is 126 Å². The number of ether oxygens (including phenoxy) is 3. The number of aliphatic hydroxyl groups excluding tert-OH is 4. The first-order chi connectivity index (χ1) is 21.8. The van der Waals surface area contributed by atoms with Gasteiger partial charge < -0.3 is 34.6 Å². The lowest BCUT2D eigenvalue weighted by Gasteiger charge is -2.24. The first kappa shape index (κ1) is 38.4. The van der Waals surface area contributed by atoms with E-state index in [1.54, 1.807) is 0 Å². The Bertz CT molecular complexity index is 833. The zero-order valence-corrected chi connectivity index (χ0v) is 28.5. The summed E-state index contributed by atoms with van der Waals surface area (Å²) in [6, 6.07) is 0. The van der Waals surface area contributed by atoms with Crippen molar-refractivity contribution in [1.29, 1.82) is 0 Å². The third-order valence-electron chi connectivity index (χ3n) is 10.1. The average Bonchev–Trinajstić information content (AvgIpc) is 3.77. The molecule has 0 aliphatic carbocycles. The van der Waals surface area contributed by atoms with Gasteiger partial charge in [-0.3, -0.25) is 0 Å². The standard InChI is InChI=1S/C37H66O8/c1-3-4-5-10-13-16-29(38)19-20-32(41)34-22-24-36(45-34)35-23-21-33(44-35)31(40)18-15-12-9-7-6-8-11-14-17-30(39)26-28-25-27(2)43-37(28)42/h25,27,29-36,38-41H,3-24,26H2,1-2H3/t27-,29-,30+,31-,32+,33+,34+,35+,36+/m1/s1. The van der Waals surface area contributed by atoms with Gasteiger partial charge in [-0.1, -0.05) is 90.4 Å². The zero-order chi connectivity index (χ0) is 32.4. The smallest absolute Gasteiger partial charge is 0.334 e. The summed E-state index contributed by atoms with van der Waals surface area (Å²) in [5.74, 6) is -0.287. The van der Waals surface area contributed by atoms with Crippen molar-refractivity contribution in [3.8, 4) is 0 Å². The highest BCUT2D eigenvalue weighted by atomic mass is 16.6. The van der Waals surface area contributed by atoms with Crippen LogP contribution in [0.2, 0.25) is 0 Å². The van der Waals surface area contributed by atoms with E-state index in [0.29, 0.717) is 24.8 Å². The van der Waals surface area contributed by atoms with Crippen LogP contribution in [0, 0.1) is 0 Å². The van der Waals surface area contributed by atoms with E-state index in [4.69, 9.17) is 14.2 Å². The predicted molar refractivity (Wildman–Crippen MR) is 177 cm³/mol. The van der Waals surface area contributed by atoms with E-state index >= 15 is 0 Å². The van der Waals surface area contributed by atoms with Gasteiger partial charge in [0.25, 0.3) is 0 Å². The highest BCUT2D eigenvalue weighted by Gasteiger charge is 2.40. The molecule has 0 radical (unpaired) electrons. The molecule has 9 atom stereocenters. The van der Waals surface area contributed by atoms with Gasteiger partial charge in [-0.2, -0.15) is 0 Å². The summed E-state index contributed by atoms with van der Waals surface area (Å²) in [5.41, 5.74) is 0.610. The van der Waals surface area contributed by atoms with Crippen LogP contribution in [0.25, 0.3) is 0 Å². The third-order valence-corrected chi connectivity index (χ3v) is 10.1. The van der Waals surface area contributed by atoms with Gasteiger partial charge in [0.1, 0.15) is 6.10 Å². The van der Waals surface area contributed by atoms with Crippen LogP contribution >= 0.6 is 0 Å². The molecule has 8 nitrogen and oxygen atoms in total. The van der Waals surface area contributed by atoms with Gasteiger partial charge >= 0.3 is 5.97 Å². The molecule has 0 saturated carbocycles. The Morgan fingerprint density at radius 3 is 1.67 bits per heavy atom. The van der Waals surface area contributed by atoms with E-state index in [0.717, 1.165) is 83.5 Å². The quantitative estimate of drug-likeness (QED) is 0.0634. The highest BCUT2D eigenvalue weighted by Crippen LogP contribution is 2.34. The number of cyclic esters (lactones) is 1. The van der Waals surface area contributed by atoms with E-state index in [1.807, 2.05) is 13.0 Å². The maximum absolute atomic E-state index is 11.7. The van der Waals surface area contributed by atoms with E-state index in [-0.39, 0.29) is 42.6 Å². The van der Waals surface area contributed by atoms with Crippen molar-refractivity contribution in [2.45, 2.75) is 216 Å². The normalized spacial score (nSPS) is 27.8. The Hall–Kier alpha value is -1.03. The minimum absolute atomic E-state index is 0.00308. The number of hydrogen-bond acceptors (Lipinski definition) is 8. The minimum Gasteiger partial charge on any atom is -0.455 e. The number of esters is 1. The Kier molecular flexibility index (Phi) is 18.6. The third kappa shape index (κ3) is 14.7. The summed E-state index contributed by atoms with van der Waals surface area (Å²) in [5, 5.41) is 41.9. The van der Waals surface area contributed by atoms with Gasteiger partial charge in [-0.15, -0.1) is 0 Å². The summed E-state index contributed by atoms with van der Waals surface area (Å²) < 4.78 is 17.6. The van der Waals surface area contributed by atoms with Crippen molar-refractivity contribution in [3.63, 3.8) is 0 Å². The SMILES string of the molecule is CCCCCCC[C@@H](O)CC[C@H](O)[C@@H]1CC[C@@H]([C@@H]2CC[C@@H]([C@H](O)CCCCCCCCCC[C@H](O)CC3=C[C@@H](C)OC3=O)O2)O1. The number of aliphatic hydroxyl groups is 4. The molecule has 8 heteroatoms. The van der Waals surface area contributed by atoms with E-state index in [9.17, 15) is 25.2 Å². The van der Waals surface area contributed by atoms with Gasteiger partial charge in [0.05, 0.1) is 48.8 Å². The fourth-order valence-corrected chi connectivity index (χ4v) is 7.29. The van der Waals surface area contributed by atoms with E-state index < -0.39 is 18.3 Å². The number of hydrogen-bond donors (Lipinski definition) is 4.